The quantitative estimate of drug-likeness (QED) is 0.796. The molecule has 1 fully saturated rings. The van der Waals surface area contributed by atoms with Crippen LogP contribution in [0.25, 0.3) is 0 Å². The topological polar surface area (TPSA) is 109 Å². The van der Waals surface area contributed by atoms with Crippen molar-refractivity contribution in [1.82, 2.24) is 15.6 Å². The Labute approximate surface area is 151 Å². The van der Waals surface area contributed by atoms with E-state index in [-0.39, 0.29) is 29.8 Å². The standard InChI is InChI=1S/C18H20N4O4/c1-24-10-14-16(12-7-11(8-19)3-4-15(12)25-2)13(9-21-14)22-17(23)18-20-5-6-26-18/h3-7,13-14,16,21H,9-10H2,1-2H3,(H,22,23)/t13-,14+,16?/m0/s1. The Morgan fingerprint density at radius 2 is 2.35 bits per heavy atom. The van der Waals surface area contributed by atoms with Crippen LogP contribution in [0.2, 0.25) is 0 Å². The Morgan fingerprint density at radius 3 is 3.00 bits per heavy atom. The second-order valence-electron chi connectivity index (χ2n) is 5.98. The first-order valence-corrected chi connectivity index (χ1v) is 8.18. The number of rotatable bonds is 6. The summed E-state index contributed by atoms with van der Waals surface area (Å²) in [6, 6.07) is 7.13. The highest BCUT2D eigenvalue weighted by molar-refractivity contribution is 5.89. The molecule has 2 aromatic rings. The van der Waals surface area contributed by atoms with Crippen LogP contribution in [0.5, 0.6) is 5.75 Å². The molecular weight excluding hydrogens is 336 g/mol. The summed E-state index contributed by atoms with van der Waals surface area (Å²) in [5, 5.41) is 15.6. The van der Waals surface area contributed by atoms with Gasteiger partial charge < -0.3 is 24.5 Å². The second-order valence-corrected chi connectivity index (χ2v) is 5.98. The summed E-state index contributed by atoms with van der Waals surface area (Å²) >= 11 is 0. The molecule has 0 saturated carbocycles. The van der Waals surface area contributed by atoms with Gasteiger partial charge in [0.25, 0.3) is 5.89 Å². The Bertz CT molecular complexity index is 800. The predicted molar refractivity (Wildman–Crippen MR) is 91.9 cm³/mol. The van der Waals surface area contributed by atoms with E-state index in [1.54, 1.807) is 32.4 Å². The van der Waals surface area contributed by atoms with Crippen molar-refractivity contribution in [2.45, 2.75) is 18.0 Å². The molecule has 3 rings (SSSR count). The van der Waals surface area contributed by atoms with Gasteiger partial charge in [0.05, 0.1) is 37.6 Å². The SMILES string of the molecule is COC[C@H]1NC[C@H](NC(=O)c2ncco2)C1c1cc(C#N)ccc1OC. The average molecular weight is 356 g/mol. The minimum atomic E-state index is -0.389. The van der Waals surface area contributed by atoms with E-state index >= 15 is 0 Å². The number of nitrogens with one attached hydrogen (secondary N) is 2. The van der Waals surface area contributed by atoms with Crippen LogP contribution in [0.15, 0.2) is 35.1 Å². The number of amides is 1. The van der Waals surface area contributed by atoms with Gasteiger partial charge in [-0.1, -0.05) is 0 Å². The maximum absolute atomic E-state index is 12.4. The third-order valence-corrected chi connectivity index (χ3v) is 4.47. The Morgan fingerprint density at radius 1 is 1.50 bits per heavy atom. The summed E-state index contributed by atoms with van der Waals surface area (Å²) in [6.45, 7) is 1.00. The first kappa shape index (κ1) is 17.9. The summed E-state index contributed by atoms with van der Waals surface area (Å²) in [5.41, 5.74) is 1.37. The van der Waals surface area contributed by atoms with Crippen molar-refractivity contribution in [3.63, 3.8) is 0 Å². The number of benzene rings is 1. The van der Waals surface area contributed by atoms with Gasteiger partial charge >= 0.3 is 5.91 Å². The Hall–Kier alpha value is -2.89. The van der Waals surface area contributed by atoms with Gasteiger partial charge in [0.2, 0.25) is 0 Å². The highest BCUT2D eigenvalue weighted by Crippen LogP contribution is 2.35. The normalized spacial score (nSPS) is 22.0. The lowest BCUT2D eigenvalue weighted by molar-refractivity contribution is 0.0898. The van der Waals surface area contributed by atoms with E-state index < -0.39 is 0 Å². The van der Waals surface area contributed by atoms with Gasteiger partial charge in [0, 0.05) is 31.2 Å². The minimum Gasteiger partial charge on any atom is -0.496 e. The summed E-state index contributed by atoms with van der Waals surface area (Å²) in [5.74, 6) is 0.142. The van der Waals surface area contributed by atoms with Crippen LogP contribution >= 0.6 is 0 Å². The number of carbonyl (C=O) groups is 1. The highest BCUT2D eigenvalue weighted by Gasteiger charge is 2.40. The van der Waals surface area contributed by atoms with Crippen LogP contribution in [-0.4, -0.2) is 50.3 Å². The molecule has 1 saturated heterocycles. The summed E-state index contributed by atoms with van der Waals surface area (Å²) in [6.07, 6.45) is 2.78. The van der Waals surface area contributed by atoms with Crippen molar-refractivity contribution < 1.29 is 18.7 Å². The van der Waals surface area contributed by atoms with E-state index in [1.165, 1.54) is 12.5 Å². The summed E-state index contributed by atoms with van der Waals surface area (Å²) in [7, 11) is 3.21. The van der Waals surface area contributed by atoms with Crippen LogP contribution in [0.1, 0.15) is 27.7 Å². The van der Waals surface area contributed by atoms with Crippen molar-refractivity contribution in [2.75, 3.05) is 27.4 Å². The average Bonchev–Trinajstić information content (AvgIpc) is 3.32. The molecule has 136 valence electrons. The summed E-state index contributed by atoms with van der Waals surface area (Å²) < 4.78 is 15.9. The van der Waals surface area contributed by atoms with Crippen LogP contribution < -0.4 is 15.4 Å². The van der Waals surface area contributed by atoms with Crippen LogP contribution in [0.4, 0.5) is 0 Å². The molecule has 8 heteroatoms. The number of oxazole rings is 1. The maximum atomic E-state index is 12.4. The van der Waals surface area contributed by atoms with Crippen LogP contribution in [-0.2, 0) is 4.74 Å². The third kappa shape index (κ3) is 3.54. The molecule has 3 atom stereocenters. The van der Waals surface area contributed by atoms with Crippen molar-refractivity contribution in [1.29, 1.82) is 5.26 Å². The number of ether oxygens (including phenoxy) is 2. The predicted octanol–water partition coefficient (Wildman–Crippen LogP) is 1.06. The molecule has 1 aromatic carbocycles. The van der Waals surface area contributed by atoms with E-state index in [0.29, 0.717) is 24.5 Å². The smallest absolute Gasteiger partial charge is 0.307 e. The zero-order chi connectivity index (χ0) is 18.5. The molecule has 0 bridgehead atoms. The lowest BCUT2D eigenvalue weighted by Crippen LogP contribution is -2.40. The molecule has 2 heterocycles. The third-order valence-electron chi connectivity index (χ3n) is 4.47. The van der Waals surface area contributed by atoms with Gasteiger partial charge in [-0.05, 0) is 18.2 Å². The van der Waals surface area contributed by atoms with E-state index in [4.69, 9.17) is 13.9 Å². The molecule has 1 amide bonds. The lowest BCUT2D eigenvalue weighted by Gasteiger charge is -2.26. The van der Waals surface area contributed by atoms with Crippen molar-refractivity contribution in [3.05, 3.63) is 47.7 Å². The molecule has 0 radical (unpaired) electrons. The van der Waals surface area contributed by atoms with Gasteiger partial charge in [-0.25, -0.2) is 4.98 Å². The Kier molecular flexibility index (Phi) is 5.51. The number of methoxy groups -OCH3 is 2. The number of aromatic nitrogens is 1. The molecule has 2 N–H and O–H groups in total. The van der Waals surface area contributed by atoms with E-state index in [0.717, 1.165) is 5.56 Å². The first-order chi connectivity index (χ1) is 12.7. The molecule has 1 aromatic heterocycles. The van der Waals surface area contributed by atoms with Crippen LogP contribution in [0.3, 0.4) is 0 Å². The molecule has 1 aliphatic heterocycles. The van der Waals surface area contributed by atoms with Crippen LogP contribution in [0, 0.1) is 11.3 Å². The highest BCUT2D eigenvalue weighted by atomic mass is 16.5. The number of nitrogens with zero attached hydrogens (tertiary/aromatic N) is 2. The van der Waals surface area contributed by atoms with Crippen molar-refractivity contribution >= 4 is 5.91 Å². The molecule has 1 unspecified atom stereocenters. The molecular formula is C18H20N4O4. The van der Waals surface area contributed by atoms with Gasteiger partial charge in [-0.2, -0.15) is 5.26 Å². The fraction of sp³-hybridized carbons (Fsp3) is 0.389. The maximum Gasteiger partial charge on any atom is 0.307 e. The summed E-state index contributed by atoms with van der Waals surface area (Å²) in [4.78, 5) is 16.3. The first-order valence-electron chi connectivity index (χ1n) is 8.18. The van der Waals surface area contributed by atoms with Gasteiger partial charge in [0.15, 0.2) is 0 Å². The van der Waals surface area contributed by atoms with Gasteiger partial charge in [-0.3, -0.25) is 4.79 Å². The van der Waals surface area contributed by atoms with E-state index in [2.05, 4.69) is 21.7 Å². The Balaban J connectivity index is 1.93. The van der Waals surface area contributed by atoms with Gasteiger partial charge in [-0.15, -0.1) is 0 Å². The molecule has 0 spiro atoms. The number of hydrogen-bond acceptors (Lipinski definition) is 7. The molecule has 26 heavy (non-hydrogen) atoms. The zero-order valence-electron chi connectivity index (χ0n) is 14.6. The minimum absolute atomic E-state index is 0.0108. The van der Waals surface area contributed by atoms with E-state index in [1.807, 2.05) is 0 Å². The van der Waals surface area contributed by atoms with Crippen molar-refractivity contribution in [2.24, 2.45) is 0 Å². The lowest BCUT2D eigenvalue weighted by atomic mass is 9.87. The number of carbonyl (C=O) groups excluding carboxylic acids is 1. The fourth-order valence-corrected chi connectivity index (χ4v) is 3.36. The largest absolute Gasteiger partial charge is 0.496 e. The van der Waals surface area contributed by atoms with Gasteiger partial charge in [0.1, 0.15) is 12.0 Å². The number of hydrogen-bond donors (Lipinski definition) is 2. The molecule has 8 nitrogen and oxygen atoms in total. The monoisotopic (exact) mass is 356 g/mol. The number of nitriles is 1. The molecule has 0 aliphatic carbocycles. The zero-order valence-corrected chi connectivity index (χ0v) is 14.6. The van der Waals surface area contributed by atoms with Crippen molar-refractivity contribution in [3.8, 4) is 11.8 Å². The molecule has 1 aliphatic rings. The van der Waals surface area contributed by atoms with E-state index in [9.17, 15) is 10.1 Å². The fourth-order valence-electron chi connectivity index (χ4n) is 3.36. The second kappa shape index (κ2) is 7.99.